The molecule has 26 heavy (non-hydrogen) atoms. The second-order valence-corrected chi connectivity index (χ2v) is 8.30. The Morgan fingerprint density at radius 2 is 1.42 bits per heavy atom. The van der Waals surface area contributed by atoms with Gasteiger partial charge < -0.3 is 0 Å². The molecule has 1 aliphatic rings. The minimum atomic E-state index is 0.357. The fourth-order valence-corrected chi connectivity index (χ4v) is 3.75. The van der Waals surface area contributed by atoms with Crippen molar-refractivity contribution in [1.82, 2.24) is 4.98 Å². The summed E-state index contributed by atoms with van der Waals surface area (Å²) in [5.41, 5.74) is 1.04. The van der Waals surface area contributed by atoms with Crippen molar-refractivity contribution in [3.63, 3.8) is 0 Å². The third-order valence-electron chi connectivity index (χ3n) is 5.64. The fourth-order valence-electron chi connectivity index (χ4n) is 3.75. The van der Waals surface area contributed by atoms with E-state index in [-0.39, 0.29) is 0 Å². The molecule has 2 nitrogen and oxygen atoms in total. The van der Waals surface area contributed by atoms with Crippen LogP contribution in [0.2, 0.25) is 0 Å². The number of hydrogen-bond donors (Lipinski definition) is 0. The van der Waals surface area contributed by atoms with E-state index < -0.39 is 0 Å². The van der Waals surface area contributed by atoms with Crippen molar-refractivity contribution in [1.29, 1.82) is 0 Å². The lowest BCUT2D eigenvalue weighted by Crippen LogP contribution is -2.02. The van der Waals surface area contributed by atoms with Crippen LogP contribution in [0.1, 0.15) is 108 Å². The molecule has 1 aromatic heterocycles. The minimum Gasteiger partial charge on any atom is -0.299 e. The van der Waals surface area contributed by atoms with Crippen LogP contribution in [0, 0.1) is 5.92 Å². The molecular formula is C24H39NO. The van der Waals surface area contributed by atoms with Crippen molar-refractivity contribution in [3.8, 4) is 0 Å². The number of nitrogens with zero attached hydrogens (tertiary/aromatic N) is 1. The van der Waals surface area contributed by atoms with Gasteiger partial charge in [0.25, 0.3) is 0 Å². The van der Waals surface area contributed by atoms with E-state index in [0.29, 0.717) is 12.2 Å². The molecule has 0 saturated heterocycles. The molecule has 1 aromatic rings. The van der Waals surface area contributed by atoms with E-state index in [2.05, 4.69) is 4.98 Å². The van der Waals surface area contributed by atoms with Crippen LogP contribution >= 0.6 is 0 Å². The van der Waals surface area contributed by atoms with Gasteiger partial charge in [0.15, 0.2) is 0 Å². The molecule has 0 atom stereocenters. The van der Waals surface area contributed by atoms with Gasteiger partial charge in [-0.2, -0.15) is 0 Å². The number of hydrogen-bond acceptors (Lipinski definition) is 2. The number of pyridine rings is 1. The summed E-state index contributed by atoms with van der Waals surface area (Å²) < 4.78 is 0. The zero-order chi connectivity index (χ0) is 18.3. The summed E-state index contributed by atoms with van der Waals surface area (Å²) >= 11 is 0. The normalized spacial score (nSPS) is 13.8. The lowest BCUT2D eigenvalue weighted by atomic mass is 10.0. The van der Waals surface area contributed by atoms with E-state index in [1.54, 1.807) is 12.4 Å². The Morgan fingerprint density at radius 1 is 0.846 bits per heavy atom. The molecular weight excluding hydrogens is 318 g/mol. The van der Waals surface area contributed by atoms with Gasteiger partial charge in [-0.25, -0.2) is 0 Å². The topological polar surface area (TPSA) is 30.0 Å². The Morgan fingerprint density at radius 3 is 1.96 bits per heavy atom. The maximum absolute atomic E-state index is 11.9. The largest absolute Gasteiger partial charge is 0.299 e. The molecule has 146 valence electrons. The number of ketones is 1. The highest BCUT2D eigenvalue weighted by Gasteiger charge is 2.19. The molecule has 0 amide bonds. The maximum atomic E-state index is 11.9. The molecule has 1 saturated carbocycles. The SMILES string of the molecule is O=C(CCCCCCCCCCCCCCC1CC1)Cc1cccnc1. The molecule has 0 aliphatic heterocycles. The second-order valence-electron chi connectivity index (χ2n) is 8.30. The summed E-state index contributed by atoms with van der Waals surface area (Å²) in [7, 11) is 0. The van der Waals surface area contributed by atoms with Gasteiger partial charge in [0.05, 0.1) is 0 Å². The van der Waals surface area contributed by atoms with Crippen LogP contribution in [-0.2, 0) is 11.2 Å². The number of Topliss-reactive ketones (excluding diaryl/α,β-unsaturated/α-hetero) is 1. The van der Waals surface area contributed by atoms with Gasteiger partial charge in [0.1, 0.15) is 5.78 Å². The molecule has 1 fully saturated rings. The monoisotopic (exact) mass is 357 g/mol. The highest BCUT2D eigenvalue weighted by molar-refractivity contribution is 5.80. The van der Waals surface area contributed by atoms with E-state index in [1.807, 2.05) is 12.1 Å². The van der Waals surface area contributed by atoms with Gasteiger partial charge in [0, 0.05) is 25.2 Å². The first-order valence-electron chi connectivity index (χ1n) is 11.2. The van der Waals surface area contributed by atoms with Gasteiger partial charge in [-0.05, 0) is 24.0 Å². The van der Waals surface area contributed by atoms with Gasteiger partial charge in [0.2, 0.25) is 0 Å². The summed E-state index contributed by atoms with van der Waals surface area (Å²) in [6.45, 7) is 0. The standard InChI is InChI=1S/C24H39NO/c26-24(20-23-15-13-19-25-21-23)16-12-10-8-6-4-2-1-3-5-7-9-11-14-22-17-18-22/h13,15,19,21-22H,1-12,14,16-18,20H2. The molecule has 2 heteroatoms. The molecule has 0 unspecified atom stereocenters. The average molecular weight is 358 g/mol. The van der Waals surface area contributed by atoms with Crippen molar-refractivity contribution in [2.75, 3.05) is 0 Å². The van der Waals surface area contributed by atoms with E-state index >= 15 is 0 Å². The number of carbonyl (C=O) groups is 1. The molecule has 0 radical (unpaired) electrons. The smallest absolute Gasteiger partial charge is 0.137 e. The zero-order valence-corrected chi connectivity index (χ0v) is 16.8. The molecule has 1 aliphatic carbocycles. The predicted octanol–water partition coefficient (Wildman–Crippen LogP) is 7.06. The van der Waals surface area contributed by atoms with Gasteiger partial charge >= 0.3 is 0 Å². The Labute approximate surface area is 161 Å². The third-order valence-corrected chi connectivity index (χ3v) is 5.64. The Balaban J connectivity index is 1.27. The molecule has 0 bridgehead atoms. The molecule has 0 N–H and O–H groups in total. The van der Waals surface area contributed by atoms with Crippen molar-refractivity contribution < 1.29 is 4.79 Å². The summed E-state index contributed by atoms with van der Waals surface area (Å²) in [6.07, 6.45) is 25.8. The van der Waals surface area contributed by atoms with Crippen LogP contribution in [0.3, 0.4) is 0 Å². The van der Waals surface area contributed by atoms with Crippen LogP contribution in [0.15, 0.2) is 24.5 Å². The van der Waals surface area contributed by atoms with Crippen LogP contribution in [-0.4, -0.2) is 10.8 Å². The van der Waals surface area contributed by atoms with Crippen molar-refractivity contribution in [2.24, 2.45) is 5.92 Å². The number of rotatable bonds is 17. The summed E-state index contributed by atoms with van der Waals surface area (Å²) in [6, 6.07) is 3.89. The summed E-state index contributed by atoms with van der Waals surface area (Å²) in [5, 5.41) is 0. The molecule has 1 heterocycles. The second kappa shape index (κ2) is 13.9. The van der Waals surface area contributed by atoms with E-state index in [4.69, 9.17) is 0 Å². The highest BCUT2D eigenvalue weighted by atomic mass is 16.1. The first kappa shape index (κ1) is 21.1. The van der Waals surface area contributed by atoms with Crippen molar-refractivity contribution >= 4 is 5.78 Å². The minimum absolute atomic E-state index is 0.357. The number of carbonyl (C=O) groups excluding carboxylic acids is 1. The molecule has 0 spiro atoms. The predicted molar refractivity (Wildman–Crippen MR) is 110 cm³/mol. The average Bonchev–Trinajstić information content (AvgIpc) is 3.47. The first-order chi connectivity index (χ1) is 12.8. The fraction of sp³-hybridized carbons (Fsp3) is 0.750. The van der Waals surface area contributed by atoms with Crippen molar-refractivity contribution in [3.05, 3.63) is 30.1 Å². The Hall–Kier alpha value is -1.18. The van der Waals surface area contributed by atoms with E-state index in [0.717, 1.165) is 24.3 Å². The zero-order valence-electron chi connectivity index (χ0n) is 16.8. The summed E-state index contributed by atoms with van der Waals surface area (Å²) in [4.78, 5) is 16.0. The Bertz CT molecular complexity index is 466. The maximum Gasteiger partial charge on any atom is 0.137 e. The van der Waals surface area contributed by atoms with Gasteiger partial charge in [-0.15, -0.1) is 0 Å². The lowest BCUT2D eigenvalue weighted by molar-refractivity contribution is -0.118. The lowest BCUT2D eigenvalue weighted by Gasteiger charge is -2.04. The first-order valence-corrected chi connectivity index (χ1v) is 11.2. The third kappa shape index (κ3) is 11.4. The van der Waals surface area contributed by atoms with Crippen LogP contribution < -0.4 is 0 Å². The van der Waals surface area contributed by atoms with Gasteiger partial charge in [-0.1, -0.05) is 96.0 Å². The summed E-state index contributed by atoms with van der Waals surface area (Å²) in [5.74, 6) is 1.48. The highest BCUT2D eigenvalue weighted by Crippen LogP contribution is 2.34. The Kier molecular flexibility index (Phi) is 11.3. The van der Waals surface area contributed by atoms with Crippen LogP contribution in [0.4, 0.5) is 0 Å². The van der Waals surface area contributed by atoms with Crippen molar-refractivity contribution in [2.45, 2.75) is 109 Å². The number of unbranched alkanes of at least 4 members (excludes halogenated alkanes) is 11. The molecule has 0 aromatic carbocycles. The van der Waals surface area contributed by atoms with Gasteiger partial charge in [-0.3, -0.25) is 9.78 Å². The van der Waals surface area contributed by atoms with Crippen LogP contribution in [0.25, 0.3) is 0 Å². The van der Waals surface area contributed by atoms with Crippen LogP contribution in [0.5, 0.6) is 0 Å². The van der Waals surface area contributed by atoms with E-state index in [1.165, 1.54) is 89.9 Å². The number of aromatic nitrogens is 1. The van der Waals surface area contributed by atoms with E-state index in [9.17, 15) is 4.79 Å². The molecule has 2 rings (SSSR count). The quantitative estimate of drug-likeness (QED) is 0.279.